The van der Waals surface area contributed by atoms with Crippen LogP contribution in [-0.2, 0) is 10.0 Å². The molecule has 0 spiro atoms. The first kappa shape index (κ1) is 16.6. The zero-order chi connectivity index (χ0) is 15.4. The molecule has 0 saturated carbocycles. The van der Waals surface area contributed by atoms with Crippen molar-refractivity contribution in [2.24, 2.45) is 11.1 Å². The summed E-state index contributed by atoms with van der Waals surface area (Å²) in [6, 6.07) is 3.40. The van der Waals surface area contributed by atoms with E-state index < -0.39 is 15.8 Å². The maximum atomic E-state index is 13.2. The molecule has 0 aromatic heterocycles. The largest absolute Gasteiger partial charge is 0.320 e. The van der Waals surface area contributed by atoms with E-state index in [1.54, 1.807) is 0 Å². The van der Waals surface area contributed by atoms with E-state index in [0.29, 0.717) is 0 Å². The Morgan fingerprint density at radius 1 is 1.35 bits per heavy atom. The highest BCUT2D eigenvalue weighted by Gasteiger charge is 2.21. The summed E-state index contributed by atoms with van der Waals surface area (Å²) in [6.45, 7) is 6.09. The van der Waals surface area contributed by atoms with E-state index in [2.05, 4.69) is 16.6 Å². The quantitative estimate of drug-likeness (QED) is 0.830. The lowest BCUT2D eigenvalue weighted by Gasteiger charge is -2.19. The number of hydrogen-bond acceptors (Lipinski definition) is 3. The molecule has 0 heterocycles. The maximum absolute atomic E-state index is 13.2. The van der Waals surface area contributed by atoms with E-state index in [1.807, 2.05) is 20.8 Å². The highest BCUT2D eigenvalue weighted by molar-refractivity contribution is 7.89. The fourth-order valence-electron chi connectivity index (χ4n) is 1.37. The molecule has 4 nitrogen and oxygen atoms in total. The summed E-state index contributed by atoms with van der Waals surface area (Å²) in [5.41, 5.74) is 5.17. The molecule has 20 heavy (non-hydrogen) atoms. The summed E-state index contributed by atoms with van der Waals surface area (Å²) in [5, 5.41) is 0. The molecule has 1 aromatic rings. The van der Waals surface area contributed by atoms with Gasteiger partial charge in [-0.3, -0.25) is 0 Å². The molecule has 0 aliphatic heterocycles. The number of hydrogen-bond donors (Lipinski definition) is 2. The number of nitrogens with one attached hydrogen (secondary N) is 1. The summed E-state index contributed by atoms with van der Waals surface area (Å²) in [7, 11) is -3.73. The molecule has 0 unspecified atom stereocenters. The minimum Gasteiger partial charge on any atom is -0.320 e. The minimum absolute atomic E-state index is 0.0379. The zero-order valence-electron chi connectivity index (χ0n) is 11.8. The van der Waals surface area contributed by atoms with Crippen molar-refractivity contribution in [3.63, 3.8) is 0 Å². The summed E-state index contributed by atoms with van der Waals surface area (Å²) < 4.78 is 40.2. The van der Waals surface area contributed by atoms with Crippen LogP contribution in [0.15, 0.2) is 23.1 Å². The first-order chi connectivity index (χ1) is 9.15. The van der Waals surface area contributed by atoms with Crippen LogP contribution in [0.1, 0.15) is 26.3 Å². The van der Waals surface area contributed by atoms with Crippen LogP contribution in [0.4, 0.5) is 4.39 Å². The van der Waals surface area contributed by atoms with Crippen molar-refractivity contribution >= 4 is 10.0 Å². The molecule has 1 rings (SSSR count). The Kier molecular flexibility index (Phi) is 5.28. The van der Waals surface area contributed by atoms with Crippen LogP contribution in [-0.4, -0.2) is 21.5 Å². The average molecular weight is 298 g/mol. The normalized spacial score (nSPS) is 11.8. The van der Waals surface area contributed by atoms with E-state index in [1.165, 1.54) is 6.07 Å². The second-order valence-corrected chi connectivity index (χ2v) is 7.27. The molecule has 0 amide bonds. The fourth-order valence-corrected chi connectivity index (χ4v) is 2.79. The maximum Gasteiger partial charge on any atom is 0.241 e. The minimum atomic E-state index is -3.73. The van der Waals surface area contributed by atoms with Gasteiger partial charge in [0.15, 0.2) is 0 Å². The Hall–Kier alpha value is -1.42. The van der Waals surface area contributed by atoms with Gasteiger partial charge < -0.3 is 5.73 Å². The molecule has 0 radical (unpaired) electrons. The number of rotatable bonds is 3. The van der Waals surface area contributed by atoms with Gasteiger partial charge in [-0.15, -0.1) is 0 Å². The summed E-state index contributed by atoms with van der Waals surface area (Å²) >= 11 is 0. The topological polar surface area (TPSA) is 72.2 Å². The summed E-state index contributed by atoms with van der Waals surface area (Å²) in [5.74, 6) is 4.58. The van der Waals surface area contributed by atoms with Gasteiger partial charge in [-0.1, -0.05) is 32.6 Å². The molecule has 0 bridgehead atoms. The van der Waals surface area contributed by atoms with E-state index >= 15 is 0 Å². The van der Waals surface area contributed by atoms with Crippen molar-refractivity contribution in [2.75, 3.05) is 13.1 Å². The molecule has 0 fully saturated rings. The molecule has 0 aliphatic carbocycles. The van der Waals surface area contributed by atoms with Crippen LogP contribution in [0.25, 0.3) is 0 Å². The number of nitrogens with two attached hydrogens (primary N) is 1. The van der Waals surface area contributed by atoms with E-state index in [9.17, 15) is 12.8 Å². The van der Waals surface area contributed by atoms with Crippen LogP contribution in [0.2, 0.25) is 0 Å². The Morgan fingerprint density at radius 3 is 2.55 bits per heavy atom. The van der Waals surface area contributed by atoms with Crippen LogP contribution in [0, 0.1) is 23.1 Å². The van der Waals surface area contributed by atoms with Gasteiger partial charge >= 0.3 is 0 Å². The number of benzene rings is 1. The Labute approximate surface area is 119 Å². The predicted octanol–water partition coefficient (Wildman–Crippen LogP) is 1.46. The molecule has 0 saturated heterocycles. The third-order valence-electron chi connectivity index (χ3n) is 2.35. The van der Waals surface area contributed by atoms with Gasteiger partial charge in [-0.05, 0) is 23.6 Å². The zero-order valence-corrected chi connectivity index (χ0v) is 12.6. The monoisotopic (exact) mass is 298 g/mol. The lowest BCUT2D eigenvalue weighted by molar-refractivity contribution is 0.407. The molecular formula is C14H19FN2O2S. The van der Waals surface area contributed by atoms with Gasteiger partial charge in [0.1, 0.15) is 5.82 Å². The molecule has 0 atom stereocenters. The summed E-state index contributed by atoms with van der Waals surface area (Å²) in [6.07, 6.45) is 0. The van der Waals surface area contributed by atoms with Crippen LogP contribution in [0.5, 0.6) is 0 Å². The highest BCUT2D eigenvalue weighted by Crippen LogP contribution is 2.18. The first-order valence-corrected chi connectivity index (χ1v) is 7.62. The number of sulfonamides is 1. The smallest absolute Gasteiger partial charge is 0.241 e. The molecule has 6 heteroatoms. The van der Waals surface area contributed by atoms with Gasteiger partial charge in [0.2, 0.25) is 10.0 Å². The number of halogens is 1. The van der Waals surface area contributed by atoms with Crippen LogP contribution < -0.4 is 10.5 Å². The SMILES string of the molecule is CC(C)(C)CNS(=O)(=O)c1ccc(F)cc1C#CCN. The lowest BCUT2D eigenvalue weighted by Crippen LogP contribution is -2.32. The molecule has 3 N–H and O–H groups in total. The average Bonchev–Trinajstić information content (AvgIpc) is 2.33. The highest BCUT2D eigenvalue weighted by atomic mass is 32.2. The second kappa shape index (κ2) is 6.35. The van der Waals surface area contributed by atoms with E-state index in [4.69, 9.17) is 5.73 Å². The molecule has 110 valence electrons. The van der Waals surface area contributed by atoms with Crippen LogP contribution in [0.3, 0.4) is 0 Å². The Bertz CT molecular complexity index is 637. The fraction of sp³-hybridized carbons (Fsp3) is 0.429. The van der Waals surface area contributed by atoms with Gasteiger partial charge in [-0.2, -0.15) is 0 Å². The van der Waals surface area contributed by atoms with Gasteiger partial charge in [0.25, 0.3) is 0 Å². The van der Waals surface area contributed by atoms with Crippen molar-refractivity contribution in [3.8, 4) is 11.8 Å². The molecular weight excluding hydrogens is 279 g/mol. The van der Waals surface area contributed by atoms with E-state index in [-0.39, 0.29) is 29.0 Å². The Balaban J connectivity index is 3.18. The van der Waals surface area contributed by atoms with Crippen LogP contribution >= 0.6 is 0 Å². The van der Waals surface area contributed by atoms with Gasteiger partial charge in [-0.25, -0.2) is 17.5 Å². The predicted molar refractivity (Wildman–Crippen MR) is 77.0 cm³/mol. The van der Waals surface area contributed by atoms with Gasteiger partial charge in [0, 0.05) is 12.1 Å². The van der Waals surface area contributed by atoms with E-state index in [0.717, 1.165) is 12.1 Å². The molecule has 1 aromatic carbocycles. The molecule has 0 aliphatic rings. The second-order valence-electron chi connectivity index (χ2n) is 5.53. The van der Waals surface area contributed by atoms with Crippen molar-refractivity contribution in [3.05, 3.63) is 29.6 Å². The third-order valence-corrected chi connectivity index (χ3v) is 3.81. The standard InChI is InChI=1S/C14H19FN2O2S/c1-14(2,3)10-17-20(18,19)13-7-6-12(15)9-11(13)5-4-8-16/h6-7,9,17H,8,10,16H2,1-3H3. The van der Waals surface area contributed by atoms with Gasteiger partial charge in [0.05, 0.1) is 11.4 Å². The Morgan fingerprint density at radius 2 is 2.00 bits per heavy atom. The lowest BCUT2D eigenvalue weighted by atomic mass is 9.98. The first-order valence-electron chi connectivity index (χ1n) is 6.14. The van der Waals surface area contributed by atoms with Crippen molar-refractivity contribution in [2.45, 2.75) is 25.7 Å². The summed E-state index contributed by atoms with van der Waals surface area (Å²) in [4.78, 5) is -0.0379. The third kappa shape index (κ3) is 4.93. The van der Waals surface area contributed by atoms with Crippen molar-refractivity contribution in [1.29, 1.82) is 0 Å². The van der Waals surface area contributed by atoms with Crippen molar-refractivity contribution < 1.29 is 12.8 Å². The van der Waals surface area contributed by atoms with Crippen molar-refractivity contribution in [1.82, 2.24) is 4.72 Å².